The summed E-state index contributed by atoms with van der Waals surface area (Å²) in [6.45, 7) is 18.0. The molecule has 0 spiro atoms. The fraction of sp³-hybridized carbons (Fsp3) is 0. The molecule has 1 rings (SSSR count). The monoisotopic (exact) mass is 319 g/mol. The van der Waals surface area contributed by atoms with Crippen molar-refractivity contribution in [2.75, 3.05) is 0 Å². The zero-order valence-corrected chi connectivity index (χ0v) is 10.3. The molecule has 1 aromatic carbocycles. The van der Waals surface area contributed by atoms with E-state index in [2.05, 4.69) is 26.6 Å². The Hall–Kier alpha value is -1.22. The zero-order chi connectivity index (χ0) is 14.0. The normalized spacial score (nSPS) is 4.82. The van der Waals surface area contributed by atoms with Gasteiger partial charge in [-0.3, -0.25) is 0 Å². The summed E-state index contributed by atoms with van der Waals surface area (Å²) in [5.74, 6) is -1.60. The van der Waals surface area contributed by atoms with Crippen LogP contribution < -0.4 is 0 Å². The van der Waals surface area contributed by atoms with E-state index in [9.17, 15) is 8.78 Å². The number of hydrogen-bond acceptors (Lipinski definition) is 0. The molecule has 0 unspecified atom stereocenters. The van der Waals surface area contributed by atoms with Crippen molar-refractivity contribution in [2.24, 2.45) is 0 Å². The molecule has 4 nitrogen and oxygen atoms in total. The number of rotatable bonds is 0. The molecule has 0 heterocycles. The van der Waals surface area contributed by atoms with Crippen molar-refractivity contribution in [3.63, 3.8) is 0 Å². The smallest absolute Gasteiger partial charge is 0 e. The van der Waals surface area contributed by atoms with E-state index in [0.29, 0.717) is 0 Å². The Morgan fingerprint density at radius 2 is 0.824 bits per heavy atom. The largest absolute Gasteiger partial charge is 0 e. The van der Waals surface area contributed by atoms with Crippen LogP contribution in [0.5, 0.6) is 0 Å². The van der Waals surface area contributed by atoms with E-state index in [0.717, 1.165) is 12.1 Å². The van der Waals surface area contributed by atoms with Crippen LogP contribution in [0.3, 0.4) is 0 Å². The number of hydrogen-bond donors (Lipinski definition) is 0. The molecule has 0 N–H and O–H groups in total. The van der Waals surface area contributed by atoms with Crippen molar-refractivity contribution < 1.29 is 49.8 Å². The van der Waals surface area contributed by atoms with Gasteiger partial charge in [-0.2, -0.15) is 0 Å². The summed E-state index contributed by atoms with van der Waals surface area (Å²) in [6, 6.07) is 5.04. The molecule has 1 radical (unpaired) electrons. The SMILES string of the molecule is Fc1ccccc1F.[C-]#[O+].[C-]#[O+].[C-]#[O+].[C-]#[O+].[Nb]. The van der Waals surface area contributed by atoms with Gasteiger partial charge in [-0.1, -0.05) is 12.1 Å². The maximum atomic E-state index is 11.9. The van der Waals surface area contributed by atoms with Crippen molar-refractivity contribution >= 4 is 0 Å². The average molecular weight is 319 g/mol. The molecule has 0 bridgehead atoms. The maximum Gasteiger partial charge on any atom is 0 e. The molecule has 0 fully saturated rings. The molecule has 0 saturated heterocycles. The van der Waals surface area contributed by atoms with Crippen LogP contribution in [0.1, 0.15) is 0 Å². The van der Waals surface area contributed by atoms with Gasteiger partial charge in [0.1, 0.15) is 0 Å². The van der Waals surface area contributed by atoms with E-state index in [1.165, 1.54) is 12.1 Å². The minimum Gasteiger partial charge on any atom is 0 e. The van der Waals surface area contributed by atoms with Gasteiger partial charge >= 0.3 is 45.2 Å². The molecule has 7 heteroatoms. The summed E-state index contributed by atoms with van der Waals surface area (Å²) in [6.07, 6.45) is 0. The first kappa shape index (κ1) is 29.7. The third-order valence-electron chi connectivity index (χ3n) is 0.824. The number of benzene rings is 1. The van der Waals surface area contributed by atoms with Crippen LogP contribution in [-0.4, -0.2) is 0 Å². The Morgan fingerprint density at radius 1 is 0.647 bits per heavy atom. The fourth-order valence-electron chi connectivity index (χ4n) is 0.439. The van der Waals surface area contributed by atoms with Gasteiger partial charge in [-0.05, 0) is 12.1 Å². The molecule has 1 aromatic rings. The predicted molar refractivity (Wildman–Crippen MR) is 42.1 cm³/mol. The molecule has 0 aliphatic heterocycles. The van der Waals surface area contributed by atoms with E-state index < -0.39 is 11.6 Å². The van der Waals surface area contributed by atoms with E-state index in [4.69, 9.17) is 18.6 Å². The Bertz CT molecular complexity index is 289. The van der Waals surface area contributed by atoms with Crippen LogP contribution in [0.4, 0.5) is 8.78 Å². The molecule has 0 atom stereocenters. The first-order valence-electron chi connectivity index (χ1n) is 3.02. The van der Waals surface area contributed by atoms with Crippen molar-refractivity contribution in [2.45, 2.75) is 0 Å². The van der Waals surface area contributed by atoms with Crippen LogP contribution in [-0.2, 0) is 41.0 Å². The molecule has 17 heavy (non-hydrogen) atoms. The zero-order valence-electron chi connectivity index (χ0n) is 8.15. The third kappa shape index (κ3) is 25.2. The first-order chi connectivity index (χ1) is 7.80. The van der Waals surface area contributed by atoms with Crippen LogP contribution in [0.2, 0.25) is 0 Å². The van der Waals surface area contributed by atoms with Gasteiger partial charge in [-0.25, -0.2) is 8.78 Å². The third-order valence-corrected chi connectivity index (χ3v) is 0.824. The Balaban J connectivity index is -0.0000000462. The molecular weight excluding hydrogens is 315 g/mol. The van der Waals surface area contributed by atoms with Gasteiger partial charge < -0.3 is 0 Å². The van der Waals surface area contributed by atoms with Gasteiger partial charge in [0, 0.05) is 22.4 Å². The van der Waals surface area contributed by atoms with E-state index >= 15 is 0 Å². The Labute approximate surface area is 112 Å². The molecular formula is C10H4F2NbO4. The molecule has 0 aliphatic carbocycles. The topological polar surface area (TPSA) is 79.6 Å². The van der Waals surface area contributed by atoms with Crippen molar-refractivity contribution in [1.29, 1.82) is 0 Å². The first-order valence-corrected chi connectivity index (χ1v) is 3.02. The summed E-state index contributed by atoms with van der Waals surface area (Å²) >= 11 is 0. The summed E-state index contributed by atoms with van der Waals surface area (Å²) < 4.78 is 53.9. The minimum atomic E-state index is -0.799. The second kappa shape index (κ2) is 36.4. The average Bonchev–Trinajstić information content (AvgIpc) is 2.42. The second-order valence-corrected chi connectivity index (χ2v) is 1.41. The molecule has 0 aromatic heterocycles. The molecule has 0 amide bonds. The van der Waals surface area contributed by atoms with Gasteiger partial charge in [0.2, 0.25) is 0 Å². The van der Waals surface area contributed by atoms with Gasteiger partial charge in [0.25, 0.3) is 0 Å². The van der Waals surface area contributed by atoms with Gasteiger partial charge in [-0.15, -0.1) is 0 Å². The van der Waals surface area contributed by atoms with E-state index in [1.807, 2.05) is 0 Å². The van der Waals surface area contributed by atoms with Crippen LogP contribution in [0.15, 0.2) is 24.3 Å². The van der Waals surface area contributed by atoms with Gasteiger partial charge in [0.15, 0.2) is 11.6 Å². The summed E-state index contributed by atoms with van der Waals surface area (Å²) in [5.41, 5.74) is 0. The molecule has 87 valence electrons. The number of halogens is 2. The summed E-state index contributed by atoms with van der Waals surface area (Å²) in [5, 5.41) is 0. The summed E-state index contributed by atoms with van der Waals surface area (Å²) in [4.78, 5) is 0. The standard InChI is InChI=1S/C6H4F2.4CO.Nb/c7-5-3-1-2-4-6(5)8;4*1-2;/h1-4H;;;;;. The van der Waals surface area contributed by atoms with E-state index in [-0.39, 0.29) is 22.4 Å². The van der Waals surface area contributed by atoms with Crippen molar-refractivity contribution in [1.82, 2.24) is 0 Å². The van der Waals surface area contributed by atoms with E-state index in [1.54, 1.807) is 0 Å². The maximum absolute atomic E-state index is 11.9. The quantitative estimate of drug-likeness (QED) is 0.397. The van der Waals surface area contributed by atoms with Crippen LogP contribution in [0, 0.1) is 38.2 Å². The van der Waals surface area contributed by atoms with Crippen molar-refractivity contribution in [3.05, 3.63) is 62.5 Å². The Kier molecular flexibility index (Phi) is 63.5. The second-order valence-electron chi connectivity index (χ2n) is 1.41. The predicted octanol–water partition coefficient (Wildman–Crippen LogP) is 1.81. The molecule has 0 saturated carbocycles. The minimum absolute atomic E-state index is 0. The molecule has 0 aliphatic rings. The van der Waals surface area contributed by atoms with Gasteiger partial charge in [0.05, 0.1) is 0 Å². The van der Waals surface area contributed by atoms with Crippen LogP contribution >= 0.6 is 0 Å². The Morgan fingerprint density at radius 3 is 0.941 bits per heavy atom. The fourth-order valence-corrected chi connectivity index (χ4v) is 0.439. The van der Waals surface area contributed by atoms with Crippen molar-refractivity contribution in [3.8, 4) is 0 Å². The summed E-state index contributed by atoms with van der Waals surface area (Å²) in [7, 11) is 0. The van der Waals surface area contributed by atoms with Crippen LogP contribution in [0.25, 0.3) is 0 Å².